The molecule has 1 aliphatic heterocycles. The number of allylic oxidation sites excluding steroid dienone is 1. The molecule has 5 rings (SSSR count). The van der Waals surface area contributed by atoms with Crippen LogP contribution < -0.4 is 5.32 Å². The number of nitrogens with one attached hydrogen (secondary N) is 1. The van der Waals surface area contributed by atoms with Crippen molar-refractivity contribution in [3.8, 4) is 11.4 Å². The molecule has 0 radical (unpaired) electrons. The van der Waals surface area contributed by atoms with E-state index in [1.54, 1.807) is 17.0 Å². The molecule has 0 saturated heterocycles. The van der Waals surface area contributed by atoms with E-state index in [4.69, 9.17) is 4.52 Å². The van der Waals surface area contributed by atoms with Crippen LogP contribution >= 0.6 is 0 Å². The number of hydrogen-bond acceptors (Lipinski definition) is 4. The van der Waals surface area contributed by atoms with Crippen LogP contribution in [-0.4, -0.2) is 21.1 Å². The predicted octanol–water partition coefficient (Wildman–Crippen LogP) is 6.19. The van der Waals surface area contributed by atoms with E-state index in [0.29, 0.717) is 23.8 Å². The Balaban J connectivity index is 1.59. The molecule has 176 valence electrons. The van der Waals surface area contributed by atoms with Gasteiger partial charge in [0.2, 0.25) is 5.82 Å². The number of urea groups is 1. The normalized spacial score (nSPS) is 15.9. The van der Waals surface area contributed by atoms with Gasteiger partial charge in [0.15, 0.2) is 0 Å². The number of aromatic nitrogens is 2. The fraction of sp³-hybridized carbons (Fsp3) is 0.179. The summed E-state index contributed by atoms with van der Waals surface area (Å²) >= 11 is 0. The van der Waals surface area contributed by atoms with Gasteiger partial charge in [-0.15, -0.1) is 0 Å². The summed E-state index contributed by atoms with van der Waals surface area (Å²) in [5.74, 6) is 0.323. The Morgan fingerprint density at radius 3 is 2.43 bits per heavy atom. The Bertz CT molecular complexity index is 1410. The van der Waals surface area contributed by atoms with E-state index in [-0.39, 0.29) is 11.8 Å². The molecule has 6 nitrogen and oxygen atoms in total. The third-order valence-corrected chi connectivity index (χ3v) is 6.19. The highest BCUT2D eigenvalue weighted by atomic mass is 19.1. The van der Waals surface area contributed by atoms with Crippen molar-refractivity contribution in [2.24, 2.45) is 0 Å². The average Bonchev–Trinajstić information content (AvgIpc) is 3.32. The van der Waals surface area contributed by atoms with Gasteiger partial charge < -0.3 is 9.84 Å². The molecule has 0 spiro atoms. The molecule has 1 unspecified atom stereocenters. The first-order valence-corrected chi connectivity index (χ1v) is 11.4. The van der Waals surface area contributed by atoms with Crippen molar-refractivity contribution >= 4 is 11.6 Å². The molecule has 1 aromatic heterocycles. The number of carbonyl (C=O) groups is 1. The lowest BCUT2D eigenvalue weighted by Gasteiger charge is -2.35. The molecule has 1 N–H and O–H groups in total. The Labute approximate surface area is 203 Å². The molecule has 2 amide bonds. The van der Waals surface area contributed by atoms with Crippen molar-refractivity contribution in [3.63, 3.8) is 0 Å². The second-order valence-corrected chi connectivity index (χ2v) is 8.80. The van der Waals surface area contributed by atoms with Gasteiger partial charge in [0.05, 0.1) is 18.2 Å². The van der Waals surface area contributed by atoms with Crippen molar-refractivity contribution in [2.45, 2.75) is 33.4 Å². The number of aryl methyl sites for hydroxylation is 2. The van der Waals surface area contributed by atoms with Crippen LogP contribution in [0.5, 0.6) is 0 Å². The molecule has 3 aromatic carbocycles. The molecule has 4 aromatic rings. The molecule has 0 fully saturated rings. The highest BCUT2D eigenvalue weighted by Gasteiger charge is 2.35. The Kier molecular flexibility index (Phi) is 5.91. The molecule has 2 heterocycles. The van der Waals surface area contributed by atoms with Crippen molar-refractivity contribution in [1.82, 2.24) is 20.4 Å². The minimum atomic E-state index is -0.460. The number of benzene rings is 3. The zero-order chi connectivity index (χ0) is 24.5. The topological polar surface area (TPSA) is 71.3 Å². The monoisotopic (exact) mass is 468 g/mol. The summed E-state index contributed by atoms with van der Waals surface area (Å²) in [6, 6.07) is 21.3. The van der Waals surface area contributed by atoms with Gasteiger partial charge in [0.25, 0.3) is 5.89 Å². The van der Waals surface area contributed by atoms with E-state index in [9.17, 15) is 9.18 Å². The van der Waals surface area contributed by atoms with Crippen LogP contribution in [0.2, 0.25) is 0 Å². The molecule has 1 atom stereocenters. The third kappa shape index (κ3) is 4.57. The van der Waals surface area contributed by atoms with Crippen molar-refractivity contribution in [2.75, 3.05) is 0 Å². The minimum Gasteiger partial charge on any atom is -0.334 e. The lowest BCUT2D eigenvalue weighted by atomic mass is 9.94. The molecule has 0 bridgehead atoms. The molecular formula is C28H25FN4O2. The molecule has 35 heavy (non-hydrogen) atoms. The van der Waals surface area contributed by atoms with E-state index in [1.807, 2.05) is 63.2 Å². The first-order valence-electron chi connectivity index (χ1n) is 11.4. The minimum absolute atomic E-state index is 0.198. The SMILES string of the molecule is CC1=C(c2nc(-c3ccc(F)cc3)no2)C(c2ccc(C)cc2)NC(=O)N1Cc1cccc(C)c1. The quantitative estimate of drug-likeness (QED) is 0.379. The first-order chi connectivity index (χ1) is 16.9. The van der Waals surface area contributed by atoms with Crippen LogP contribution in [0.25, 0.3) is 17.0 Å². The first kappa shape index (κ1) is 22.5. The van der Waals surface area contributed by atoms with Crippen LogP contribution in [0.3, 0.4) is 0 Å². The van der Waals surface area contributed by atoms with E-state index in [0.717, 1.165) is 33.5 Å². The van der Waals surface area contributed by atoms with Crippen molar-refractivity contribution in [1.29, 1.82) is 0 Å². The number of amides is 2. The molecule has 0 aliphatic carbocycles. The van der Waals surface area contributed by atoms with Gasteiger partial charge in [-0.05, 0) is 56.2 Å². The maximum atomic E-state index is 13.4. The standard InChI is InChI=1S/C28H25FN4O2/c1-17-7-9-21(10-8-17)25-24(27-31-26(32-35-27)22-11-13-23(29)14-12-22)19(3)33(28(34)30-25)16-20-6-4-5-18(2)15-20/h4-15,25H,16H2,1-3H3,(H,30,34). The van der Waals surface area contributed by atoms with Gasteiger partial charge in [-0.2, -0.15) is 4.98 Å². The zero-order valence-corrected chi connectivity index (χ0v) is 19.7. The summed E-state index contributed by atoms with van der Waals surface area (Å²) in [5.41, 5.74) is 6.27. The van der Waals surface area contributed by atoms with Crippen molar-refractivity contribution < 1.29 is 13.7 Å². The zero-order valence-electron chi connectivity index (χ0n) is 19.7. The number of rotatable bonds is 5. The van der Waals surface area contributed by atoms with E-state index in [2.05, 4.69) is 21.5 Å². The summed E-state index contributed by atoms with van der Waals surface area (Å²) in [6.07, 6.45) is 0. The van der Waals surface area contributed by atoms with Crippen LogP contribution in [0.15, 0.2) is 83.0 Å². The fourth-order valence-electron chi connectivity index (χ4n) is 4.30. The summed E-state index contributed by atoms with van der Waals surface area (Å²) in [6.45, 7) is 6.34. The van der Waals surface area contributed by atoms with Gasteiger partial charge in [0, 0.05) is 11.3 Å². The summed E-state index contributed by atoms with van der Waals surface area (Å²) in [5, 5.41) is 7.26. The van der Waals surface area contributed by atoms with Gasteiger partial charge in [0.1, 0.15) is 5.82 Å². The summed E-state index contributed by atoms with van der Waals surface area (Å²) < 4.78 is 19.1. The second-order valence-electron chi connectivity index (χ2n) is 8.80. The van der Waals surface area contributed by atoms with Gasteiger partial charge in [-0.1, -0.05) is 64.8 Å². The Morgan fingerprint density at radius 2 is 1.71 bits per heavy atom. The maximum absolute atomic E-state index is 13.4. The third-order valence-electron chi connectivity index (χ3n) is 6.19. The molecule has 1 aliphatic rings. The highest BCUT2D eigenvalue weighted by Crippen LogP contribution is 2.38. The van der Waals surface area contributed by atoms with E-state index in [1.165, 1.54) is 12.1 Å². The molecule has 7 heteroatoms. The van der Waals surface area contributed by atoms with Crippen LogP contribution in [0.1, 0.15) is 41.1 Å². The Hall–Kier alpha value is -4.26. The molecule has 0 saturated carbocycles. The number of nitrogens with zero attached hydrogens (tertiary/aromatic N) is 3. The number of halogens is 1. The fourth-order valence-corrected chi connectivity index (χ4v) is 4.30. The van der Waals surface area contributed by atoms with Gasteiger partial charge >= 0.3 is 6.03 Å². The van der Waals surface area contributed by atoms with E-state index < -0.39 is 6.04 Å². The number of hydrogen-bond donors (Lipinski definition) is 1. The highest BCUT2D eigenvalue weighted by molar-refractivity contribution is 5.86. The van der Waals surface area contributed by atoms with E-state index >= 15 is 0 Å². The van der Waals surface area contributed by atoms with Gasteiger partial charge in [-0.25, -0.2) is 9.18 Å². The Morgan fingerprint density at radius 1 is 0.971 bits per heavy atom. The molecular weight excluding hydrogens is 443 g/mol. The van der Waals surface area contributed by atoms with Crippen molar-refractivity contribution in [3.05, 3.63) is 112 Å². The lowest BCUT2D eigenvalue weighted by Crippen LogP contribution is -2.45. The summed E-state index contributed by atoms with van der Waals surface area (Å²) in [7, 11) is 0. The van der Waals surface area contributed by atoms with Gasteiger partial charge in [-0.3, -0.25) is 4.90 Å². The predicted molar refractivity (Wildman–Crippen MR) is 131 cm³/mol. The average molecular weight is 469 g/mol. The van der Waals surface area contributed by atoms with Crippen LogP contribution in [0, 0.1) is 19.7 Å². The lowest BCUT2D eigenvalue weighted by molar-refractivity contribution is 0.203. The smallest absolute Gasteiger partial charge is 0.322 e. The van der Waals surface area contributed by atoms with Crippen LogP contribution in [0.4, 0.5) is 9.18 Å². The van der Waals surface area contributed by atoms with Crippen LogP contribution in [-0.2, 0) is 6.54 Å². The second kappa shape index (κ2) is 9.18. The summed E-state index contributed by atoms with van der Waals surface area (Å²) in [4.78, 5) is 19.6. The largest absolute Gasteiger partial charge is 0.334 e. The number of carbonyl (C=O) groups excluding carboxylic acids is 1. The maximum Gasteiger partial charge on any atom is 0.322 e.